The van der Waals surface area contributed by atoms with Crippen molar-refractivity contribution in [2.75, 3.05) is 0 Å². The highest BCUT2D eigenvalue weighted by Gasteiger charge is 2.05. The third-order valence-electron chi connectivity index (χ3n) is 2.39. The van der Waals surface area contributed by atoms with Crippen LogP contribution in [0.4, 0.5) is 0 Å². The van der Waals surface area contributed by atoms with E-state index in [4.69, 9.17) is 11.6 Å². The van der Waals surface area contributed by atoms with Crippen LogP contribution in [-0.4, -0.2) is 27.2 Å². The Hall–Kier alpha value is -2.21. The van der Waals surface area contributed by atoms with Crippen LogP contribution >= 0.6 is 11.6 Å². The van der Waals surface area contributed by atoms with Gasteiger partial charge in [-0.05, 0) is 17.7 Å². The minimum Gasteiger partial charge on any atom is -0.350 e. The number of amides is 1. The first-order valence-corrected chi connectivity index (χ1v) is 5.91. The first-order valence-electron chi connectivity index (χ1n) is 5.54. The number of benzene rings is 1. The van der Waals surface area contributed by atoms with Gasteiger partial charge in [0.05, 0.1) is 6.20 Å². The van der Waals surface area contributed by atoms with E-state index in [9.17, 15) is 9.59 Å². The molecule has 7 heteroatoms. The molecular formula is C12H11ClN4O2. The number of nitrogens with one attached hydrogen (secondary N) is 1. The third-order valence-corrected chi connectivity index (χ3v) is 2.64. The molecule has 1 amide bonds. The molecule has 0 fully saturated rings. The lowest BCUT2D eigenvalue weighted by Crippen LogP contribution is -2.27. The van der Waals surface area contributed by atoms with Crippen LogP contribution in [-0.2, 0) is 17.9 Å². The van der Waals surface area contributed by atoms with E-state index < -0.39 is 0 Å². The average molecular weight is 279 g/mol. The smallest absolute Gasteiger partial charge is 0.242 e. The van der Waals surface area contributed by atoms with Crippen molar-refractivity contribution in [3.8, 4) is 0 Å². The van der Waals surface area contributed by atoms with Crippen molar-refractivity contribution in [1.29, 1.82) is 0 Å². The van der Waals surface area contributed by atoms with E-state index in [0.717, 1.165) is 5.56 Å². The lowest BCUT2D eigenvalue weighted by atomic mass is 10.2. The first kappa shape index (κ1) is 13.2. The number of nitrogens with zero attached hydrogens (tertiary/aromatic N) is 3. The topological polar surface area (TPSA) is 76.9 Å². The molecule has 0 aliphatic rings. The maximum atomic E-state index is 11.6. The lowest BCUT2D eigenvalue weighted by molar-refractivity contribution is -0.122. The molecule has 0 bridgehead atoms. The molecule has 0 radical (unpaired) electrons. The van der Waals surface area contributed by atoms with Crippen molar-refractivity contribution >= 4 is 23.8 Å². The van der Waals surface area contributed by atoms with Crippen LogP contribution in [0.1, 0.15) is 16.1 Å². The molecule has 0 aliphatic heterocycles. The molecule has 19 heavy (non-hydrogen) atoms. The summed E-state index contributed by atoms with van der Waals surface area (Å²) >= 11 is 5.76. The Balaban J connectivity index is 1.84. The largest absolute Gasteiger partial charge is 0.350 e. The van der Waals surface area contributed by atoms with Gasteiger partial charge in [-0.25, -0.2) is 4.68 Å². The minimum atomic E-state index is -0.211. The summed E-state index contributed by atoms with van der Waals surface area (Å²) in [6.07, 6.45) is 1.99. The fourth-order valence-electron chi connectivity index (χ4n) is 1.45. The van der Waals surface area contributed by atoms with Crippen LogP contribution in [0.2, 0.25) is 5.02 Å². The molecule has 0 spiro atoms. The number of aldehydes is 1. The van der Waals surface area contributed by atoms with Gasteiger partial charge in [-0.2, -0.15) is 0 Å². The number of aromatic nitrogens is 3. The average Bonchev–Trinajstić information content (AvgIpc) is 2.86. The molecule has 1 aromatic carbocycles. The number of halogens is 1. The van der Waals surface area contributed by atoms with Gasteiger partial charge in [-0.1, -0.05) is 28.9 Å². The Bertz CT molecular complexity index is 580. The fraction of sp³-hybridized carbons (Fsp3) is 0.167. The lowest BCUT2D eigenvalue weighted by Gasteiger charge is -2.05. The molecule has 1 aromatic heterocycles. The highest BCUT2D eigenvalue weighted by atomic mass is 35.5. The molecule has 1 heterocycles. The molecule has 2 aromatic rings. The second-order valence-electron chi connectivity index (χ2n) is 3.86. The summed E-state index contributed by atoms with van der Waals surface area (Å²) in [4.78, 5) is 22.1. The Kier molecular flexibility index (Phi) is 4.25. The molecule has 98 valence electrons. The number of carbonyl (C=O) groups excluding carboxylic acids is 2. The maximum absolute atomic E-state index is 11.6. The molecule has 0 atom stereocenters. The SMILES string of the molecule is O=Cc1cn(CC(=O)NCc2ccc(Cl)cc2)nn1. The van der Waals surface area contributed by atoms with E-state index in [1.807, 2.05) is 12.1 Å². The summed E-state index contributed by atoms with van der Waals surface area (Å²) in [6, 6.07) is 7.19. The van der Waals surface area contributed by atoms with Crippen molar-refractivity contribution in [1.82, 2.24) is 20.3 Å². The molecule has 2 rings (SSSR count). The van der Waals surface area contributed by atoms with Crippen LogP contribution in [0.5, 0.6) is 0 Å². The standard InChI is InChI=1S/C12H11ClN4O2/c13-10-3-1-9(2-4-10)5-14-12(19)7-17-6-11(8-18)15-16-17/h1-4,6,8H,5,7H2,(H,14,19). The van der Waals surface area contributed by atoms with Gasteiger partial charge in [0, 0.05) is 11.6 Å². The number of hydrogen-bond donors (Lipinski definition) is 1. The molecule has 0 aliphatic carbocycles. The van der Waals surface area contributed by atoms with Gasteiger partial charge in [-0.3, -0.25) is 9.59 Å². The Morgan fingerprint density at radius 3 is 2.74 bits per heavy atom. The van der Waals surface area contributed by atoms with Gasteiger partial charge in [-0.15, -0.1) is 5.10 Å². The zero-order chi connectivity index (χ0) is 13.7. The van der Waals surface area contributed by atoms with E-state index in [1.165, 1.54) is 10.9 Å². The zero-order valence-electron chi connectivity index (χ0n) is 9.91. The summed E-state index contributed by atoms with van der Waals surface area (Å²) in [5.74, 6) is -0.211. The molecule has 6 nitrogen and oxygen atoms in total. The molecule has 0 saturated heterocycles. The van der Waals surface area contributed by atoms with Crippen LogP contribution in [0, 0.1) is 0 Å². The van der Waals surface area contributed by atoms with Gasteiger partial charge < -0.3 is 5.32 Å². The predicted molar refractivity (Wildman–Crippen MR) is 68.7 cm³/mol. The van der Waals surface area contributed by atoms with Crippen molar-refractivity contribution in [3.63, 3.8) is 0 Å². The number of rotatable bonds is 5. The predicted octanol–water partition coefficient (Wildman–Crippen LogP) is 1.06. The fourth-order valence-corrected chi connectivity index (χ4v) is 1.58. The molecular weight excluding hydrogens is 268 g/mol. The maximum Gasteiger partial charge on any atom is 0.242 e. The molecule has 0 saturated carbocycles. The van der Waals surface area contributed by atoms with Gasteiger partial charge in [0.15, 0.2) is 6.29 Å². The zero-order valence-corrected chi connectivity index (χ0v) is 10.7. The van der Waals surface area contributed by atoms with E-state index in [1.54, 1.807) is 12.1 Å². The second kappa shape index (κ2) is 6.10. The number of carbonyl (C=O) groups is 2. The van der Waals surface area contributed by atoms with Crippen molar-refractivity contribution in [2.45, 2.75) is 13.1 Å². The Labute approximate surface area is 114 Å². The Morgan fingerprint density at radius 1 is 1.37 bits per heavy atom. The first-order chi connectivity index (χ1) is 9.17. The summed E-state index contributed by atoms with van der Waals surface area (Å²) in [5.41, 5.74) is 1.15. The Morgan fingerprint density at radius 2 is 2.11 bits per heavy atom. The molecule has 0 unspecified atom stereocenters. The summed E-state index contributed by atoms with van der Waals surface area (Å²) in [5, 5.41) is 10.6. The molecule has 1 N–H and O–H groups in total. The monoisotopic (exact) mass is 278 g/mol. The highest BCUT2D eigenvalue weighted by molar-refractivity contribution is 6.30. The van der Waals surface area contributed by atoms with Crippen LogP contribution < -0.4 is 5.32 Å². The van der Waals surface area contributed by atoms with Gasteiger partial charge in [0.2, 0.25) is 5.91 Å². The van der Waals surface area contributed by atoms with Crippen molar-refractivity contribution in [3.05, 3.63) is 46.7 Å². The van der Waals surface area contributed by atoms with Gasteiger partial charge in [0.25, 0.3) is 0 Å². The van der Waals surface area contributed by atoms with Crippen LogP contribution in [0.25, 0.3) is 0 Å². The quantitative estimate of drug-likeness (QED) is 0.830. The summed E-state index contributed by atoms with van der Waals surface area (Å²) in [7, 11) is 0. The van der Waals surface area contributed by atoms with E-state index in [2.05, 4.69) is 15.6 Å². The highest BCUT2D eigenvalue weighted by Crippen LogP contribution is 2.09. The number of hydrogen-bond acceptors (Lipinski definition) is 4. The van der Waals surface area contributed by atoms with Crippen LogP contribution in [0.15, 0.2) is 30.5 Å². The van der Waals surface area contributed by atoms with Crippen molar-refractivity contribution in [2.24, 2.45) is 0 Å². The third kappa shape index (κ3) is 3.89. The van der Waals surface area contributed by atoms with Crippen LogP contribution in [0.3, 0.4) is 0 Å². The second-order valence-corrected chi connectivity index (χ2v) is 4.30. The van der Waals surface area contributed by atoms with Crippen molar-refractivity contribution < 1.29 is 9.59 Å². The van der Waals surface area contributed by atoms with Gasteiger partial charge >= 0.3 is 0 Å². The van der Waals surface area contributed by atoms with E-state index >= 15 is 0 Å². The summed E-state index contributed by atoms with van der Waals surface area (Å²) in [6.45, 7) is 0.430. The van der Waals surface area contributed by atoms with E-state index in [-0.39, 0.29) is 18.1 Å². The normalized spacial score (nSPS) is 10.2. The van der Waals surface area contributed by atoms with Gasteiger partial charge in [0.1, 0.15) is 12.2 Å². The summed E-state index contributed by atoms with van der Waals surface area (Å²) < 4.78 is 1.31. The van der Waals surface area contributed by atoms with E-state index in [0.29, 0.717) is 17.9 Å². The minimum absolute atomic E-state index is 0.0223.